The van der Waals surface area contributed by atoms with Crippen LogP contribution >= 0.6 is 0 Å². The molecule has 0 bridgehead atoms. The number of hydrogen-bond donors (Lipinski definition) is 2. The van der Waals surface area contributed by atoms with Gasteiger partial charge in [-0.2, -0.15) is 5.26 Å². The second-order valence-electron chi connectivity index (χ2n) is 5.11. The Bertz CT molecular complexity index is 764. The van der Waals surface area contributed by atoms with E-state index >= 15 is 0 Å². The molecule has 0 heterocycles. The first-order valence-corrected chi connectivity index (χ1v) is 7.34. The Morgan fingerprint density at radius 2 is 1.75 bits per heavy atom. The molecule has 0 aliphatic rings. The highest BCUT2D eigenvalue weighted by Crippen LogP contribution is 2.32. The van der Waals surface area contributed by atoms with Crippen LogP contribution in [-0.4, -0.2) is 26.7 Å². The molecule has 2 aromatic carbocycles. The predicted molar refractivity (Wildman–Crippen MR) is 92.6 cm³/mol. The molecule has 0 aromatic heterocycles. The first kappa shape index (κ1) is 17.2. The average molecular weight is 325 g/mol. The van der Waals surface area contributed by atoms with Crippen molar-refractivity contribution in [3.8, 4) is 17.6 Å². The summed E-state index contributed by atoms with van der Waals surface area (Å²) in [5.41, 5.74) is 2.93. The van der Waals surface area contributed by atoms with E-state index in [4.69, 9.17) is 14.7 Å². The molecule has 0 atom stereocenters. The van der Waals surface area contributed by atoms with Gasteiger partial charge in [-0.05, 0) is 42.8 Å². The number of carbonyl (C=O) groups excluding carboxylic acids is 1. The van der Waals surface area contributed by atoms with E-state index in [0.29, 0.717) is 22.7 Å². The smallest absolute Gasteiger partial charge is 0.243 e. The van der Waals surface area contributed by atoms with Crippen LogP contribution in [-0.2, 0) is 4.79 Å². The number of aryl methyl sites for hydroxylation is 1. The zero-order valence-electron chi connectivity index (χ0n) is 13.8. The Balaban J connectivity index is 1.99. The van der Waals surface area contributed by atoms with Crippen LogP contribution in [0, 0.1) is 18.3 Å². The number of ether oxygens (including phenoxy) is 2. The summed E-state index contributed by atoms with van der Waals surface area (Å²) >= 11 is 0. The highest BCUT2D eigenvalue weighted by molar-refractivity contribution is 5.93. The van der Waals surface area contributed by atoms with Crippen LogP contribution in [0.5, 0.6) is 11.5 Å². The van der Waals surface area contributed by atoms with Crippen LogP contribution in [0.2, 0.25) is 0 Å². The molecular weight excluding hydrogens is 306 g/mol. The SMILES string of the molecule is COc1cc(C)c(NCC(=O)Nc2ccc(C#N)cc2)cc1OC. The zero-order chi connectivity index (χ0) is 17.5. The van der Waals surface area contributed by atoms with E-state index in [9.17, 15) is 4.79 Å². The van der Waals surface area contributed by atoms with Crippen LogP contribution in [0.3, 0.4) is 0 Å². The largest absolute Gasteiger partial charge is 0.493 e. The van der Waals surface area contributed by atoms with E-state index in [1.807, 2.05) is 19.1 Å². The fraction of sp³-hybridized carbons (Fsp3) is 0.222. The zero-order valence-corrected chi connectivity index (χ0v) is 13.8. The third-order valence-electron chi connectivity index (χ3n) is 3.47. The maximum absolute atomic E-state index is 12.0. The maximum atomic E-state index is 12.0. The number of anilines is 2. The van der Waals surface area contributed by atoms with E-state index in [1.54, 1.807) is 44.6 Å². The number of hydrogen-bond acceptors (Lipinski definition) is 5. The number of methoxy groups -OCH3 is 2. The second kappa shape index (κ2) is 7.88. The number of nitrogens with zero attached hydrogens (tertiary/aromatic N) is 1. The van der Waals surface area contributed by atoms with Crippen molar-refractivity contribution < 1.29 is 14.3 Å². The molecule has 0 spiro atoms. The molecule has 0 unspecified atom stereocenters. The lowest BCUT2D eigenvalue weighted by molar-refractivity contribution is -0.114. The highest BCUT2D eigenvalue weighted by Gasteiger charge is 2.10. The molecule has 2 rings (SSSR count). The molecule has 0 aliphatic heterocycles. The Labute approximate surface area is 141 Å². The number of benzene rings is 2. The monoisotopic (exact) mass is 325 g/mol. The molecule has 0 saturated heterocycles. The van der Waals surface area contributed by atoms with Gasteiger partial charge in [0.1, 0.15) is 0 Å². The lowest BCUT2D eigenvalue weighted by Gasteiger charge is -2.14. The van der Waals surface area contributed by atoms with Crippen molar-refractivity contribution in [1.82, 2.24) is 0 Å². The molecule has 0 saturated carbocycles. The number of nitriles is 1. The van der Waals surface area contributed by atoms with Gasteiger partial charge in [-0.25, -0.2) is 0 Å². The normalized spacial score (nSPS) is 9.75. The summed E-state index contributed by atoms with van der Waals surface area (Å²) in [4.78, 5) is 12.0. The van der Waals surface area contributed by atoms with E-state index in [1.165, 1.54) is 0 Å². The second-order valence-corrected chi connectivity index (χ2v) is 5.11. The van der Waals surface area contributed by atoms with Gasteiger partial charge in [0, 0.05) is 17.4 Å². The fourth-order valence-corrected chi connectivity index (χ4v) is 2.18. The van der Waals surface area contributed by atoms with Crippen molar-refractivity contribution in [3.63, 3.8) is 0 Å². The van der Waals surface area contributed by atoms with Gasteiger partial charge in [-0.15, -0.1) is 0 Å². The summed E-state index contributed by atoms with van der Waals surface area (Å²) in [6.07, 6.45) is 0. The van der Waals surface area contributed by atoms with Crippen molar-refractivity contribution in [2.75, 3.05) is 31.4 Å². The summed E-state index contributed by atoms with van der Waals surface area (Å²) in [5.74, 6) is 1.05. The number of amides is 1. The summed E-state index contributed by atoms with van der Waals surface area (Å²) in [7, 11) is 3.14. The number of nitrogens with one attached hydrogen (secondary N) is 2. The van der Waals surface area contributed by atoms with Crippen LogP contribution in [0.15, 0.2) is 36.4 Å². The lowest BCUT2D eigenvalue weighted by Crippen LogP contribution is -2.22. The first-order chi connectivity index (χ1) is 11.6. The van der Waals surface area contributed by atoms with Crippen LogP contribution < -0.4 is 20.1 Å². The molecule has 6 heteroatoms. The minimum absolute atomic E-state index is 0.107. The van der Waals surface area contributed by atoms with Gasteiger partial charge in [0.15, 0.2) is 11.5 Å². The molecule has 0 aliphatic carbocycles. The third-order valence-corrected chi connectivity index (χ3v) is 3.47. The molecule has 1 amide bonds. The molecule has 2 N–H and O–H groups in total. The molecule has 2 aromatic rings. The topological polar surface area (TPSA) is 83.4 Å². The number of carbonyl (C=O) groups is 1. The lowest BCUT2D eigenvalue weighted by atomic mass is 10.1. The summed E-state index contributed by atoms with van der Waals surface area (Å²) in [6, 6.07) is 12.4. The summed E-state index contributed by atoms with van der Waals surface area (Å²) in [5, 5.41) is 14.6. The van der Waals surface area contributed by atoms with Gasteiger partial charge in [0.25, 0.3) is 0 Å². The quantitative estimate of drug-likeness (QED) is 0.853. The molecule has 0 radical (unpaired) electrons. The first-order valence-electron chi connectivity index (χ1n) is 7.34. The van der Waals surface area contributed by atoms with Crippen molar-refractivity contribution in [2.45, 2.75) is 6.92 Å². The molecule has 6 nitrogen and oxygen atoms in total. The number of rotatable bonds is 6. The molecule has 0 fully saturated rings. The Morgan fingerprint density at radius 3 is 2.33 bits per heavy atom. The van der Waals surface area contributed by atoms with E-state index < -0.39 is 0 Å². The predicted octanol–water partition coefficient (Wildman–Crippen LogP) is 2.93. The molecular formula is C18H19N3O3. The van der Waals surface area contributed by atoms with Crippen molar-refractivity contribution in [3.05, 3.63) is 47.5 Å². The van der Waals surface area contributed by atoms with Gasteiger partial charge in [-0.1, -0.05) is 0 Å². The van der Waals surface area contributed by atoms with E-state index in [-0.39, 0.29) is 12.5 Å². The van der Waals surface area contributed by atoms with Gasteiger partial charge in [0.05, 0.1) is 32.4 Å². The average Bonchev–Trinajstić information content (AvgIpc) is 2.61. The third kappa shape index (κ3) is 4.17. The van der Waals surface area contributed by atoms with E-state index in [2.05, 4.69) is 10.6 Å². The van der Waals surface area contributed by atoms with Crippen molar-refractivity contribution in [1.29, 1.82) is 5.26 Å². The summed E-state index contributed by atoms with van der Waals surface area (Å²) in [6.45, 7) is 2.03. The molecule has 24 heavy (non-hydrogen) atoms. The van der Waals surface area contributed by atoms with Crippen LogP contribution in [0.1, 0.15) is 11.1 Å². The van der Waals surface area contributed by atoms with Crippen molar-refractivity contribution >= 4 is 17.3 Å². The minimum atomic E-state index is -0.186. The Morgan fingerprint density at radius 1 is 1.12 bits per heavy atom. The Kier molecular flexibility index (Phi) is 5.63. The van der Waals surface area contributed by atoms with Gasteiger partial charge >= 0.3 is 0 Å². The van der Waals surface area contributed by atoms with Gasteiger partial charge in [0.2, 0.25) is 5.91 Å². The van der Waals surface area contributed by atoms with Gasteiger partial charge < -0.3 is 20.1 Å². The van der Waals surface area contributed by atoms with Crippen LogP contribution in [0.25, 0.3) is 0 Å². The van der Waals surface area contributed by atoms with Gasteiger partial charge in [-0.3, -0.25) is 4.79 Å². The van der Waals surface area contributed by atoms with Crippen LogP contribution in [0.4, 0.5) is 11.4 Å². The standard InChI is InChI=1S/C18H19N3O3/c1-12-8-16(23-2)17(24-3)9-15(12)20-11-18(22)21-14-6-4-13(10-19)5-7-14/h4-9,20H,11H2,1-3H3,(H,21,22). The van der Waals surface area contributed by atoms with Crippen molar-refractivity contribution in [2.24, 2.45) is 0 Å². The Hall–Kier alpha value is -3.20. The summed E-state index contributed by atoms with van der Waals surface area (Å²) < 4.78 is 10.5. The molecule has 124 valence electrons. The fourth-order valence-electron chi connectivity index (χ4n) is 2.18. The van der Waals surface area contributed by atoms with E-state index in [0.717, 1.165) is 11.3 Å². The minimum Gasteiger partial charge on any atom is -0.493 e. The highest BCUT2D eigenvalue weighted by atomic mass is 16.5. The maximum Gasteiger partial charge on any atom is 0.243 e.